The molecule has 136 valence electrons. The van der Waals surface area contributed by atoms with Crippen LogP contribution >= 0.6 is 0 Å². The number of hydrogen-bond donors (Lipinski definition) is 1. The molecule has 0 unspecified atom stereocenters. The molecular weight excluding hydrogens is 324 g/mol. The van der Waals surface area contributed by atoms with Crippen molar-refractivity contribution in [2.45, 2.75) is 25.4 Å². The number of piperidine rings is 1. The molecule has 0 radical (unpaired) electrons. The molecule has 2 aliphatic rings. The van der Waals surface area contributed by atoms with Gasteiger partial charge < -0.3 is 15.0 Å². The molecule has 1 spiro atoms. The predicted octanol–water partition coefficient (Wildman–Crippen LogP) is 3.26. The lowest BCUT2D eigenvalue weighted by atomic mass is 9.90. The second-order valence-electron chi connectivity index (χ2n) is 7.46. The number of nitrogens with zero attached hydrogens (tertiary/aromatic N) is 1. The van der Waals surface area contributed by atoms with E-state index in [2.05, 4.69) is 42.6 Å². The van der Waals surface area contributed by atoms with Gasteiger partial charge in [-0.2, -0.15) is 0 Å². The van der Waals surface area contributed by atoms with Crippen LogP contribution in [0.15, 0.2) is 48.5 Å². The van der Waals surface area contributed by atoms with Gasteiger partial charge >= 0.3 is 0 Å². The Morgan fingerprint density at radius 2 is 1.81 bits per heavy atom. The highest BCUT2D eigenvalue weighted by Crippen LogP contribution is 2.29. The Morgan fingerprint density at radius 1 is 1.08 bits per heavy atom. The first kappa shape index (κ1) is 17.3. The highest BCUT2D eigenvalue weighted by Gasteiger charge is 2.39. The lowest BCUT2D eigenvalue weighted by molar-refractivity contribution is -0.114. The van der Waals surface area contributed by atoms with Crippen LogP contribution in [0.5, 0.6) is 0 Å². The number of nitrogens with one attached hydrogen (secondary N) is 1. The summed E-state index contributed by atoms with van der Waals surface area (Å²) in [5.74, 6) is 0.112. The van der Waals surface area contributed by atoms with Gasteiger partial charge in [0.2, 0.25) is 0 Å². The number of morpholine rings is 1. The molecule has 2 aromatic rings. The summed E-state index contributed by atoms with van der Waals surface area (Å²) in [4.78, 5) is 15.1. The Labute approximate surface area is 155 Å². The van der Waals surface area contributed by atoms with E-state index in [-0.39, 0.29) is 11.5 Å². The predicted molar refractivity (Wildman–Crippen MR) is 103 cm³/mol. The van der Waals surface area contributed by atoms with Gasteiger partial charge in [-0.05, 0) is 56.1 Å². The maximum atomic E-state index is 13.1. The molecule has 0 aliphatic carbocycles. The molecule has 4 rings (SSSR count). The maximum Gasteiger partial charge on any atom is 0.254 e. The molecular formula is C22H26N2O2. The molecule has 2 heterocycles. The number of ether oxygens (including phenoxy) is 1. The van der Waals surface area contributed by atoms with Crippen LogP contribution in [-0.2, 0) is 4.74 Å². The molecule has 0 atom stereocenters. The Balaban J connectivity index is 1.55. The van der Waals surface area contributed by atoms with E-state index in [4.69, 9.17) is 4.74 Å². The third kappa shape index (κ3) is 3.53. The van der Waals surface area contributed by atoms with Crippen LogP contribution in [0, 0.1) is 6.92 Å². The fourth-order valence-corrected chi connectivity index (χ4v) is 4.04. The Hall–Kier alpha value is -2.17. The number of benzene rings is 2. The fourth-order valence-electron chi connectivity index (χ4n) is 4.04. The number of carbonyl (C=O) groups excluding carboxylic acids is 1. The van der Waals surface area contributed by atoms with Gasteiger partial charge in [0.25, 0.3) is 5.91 Å². The van der Waals surface area contributed by atoms with E-state index in [1.165, 1.54) is 5.56 Å². The zero-order chi connectivity index (χ0) is 18.0. The zero-order valence-corrected chi connectivity index (χ0v) is 15.3. The van der Waals surface area contributed by atoms with Crippen LogP contribution in [0.25, 0.3) is 11.1 Å². The summed E-state index contributed by atoms with van der Waals surface area (Å²) < 4.78 is 6.10. The van der Waals surface area contributed by atoms with Crippen LogP contribution in [0.4, 0.5) is 0 Å². The molecule has 4 heteroatoms. The first-order valence-electron chi connectivity index (χ1n) is 9.46. The summed E-state index contributed by atoms with van der Waals surface area (Å²) in [6, 6.07) is 16.4. The van der Waals surface area contributed by atoms with Crippen molar-refractivity contribution >= 4 is 5.91 Å². The van der Waals surface area contributed by atoms with E-state index in [0.29, 0.717) is 19.7 Å². The fraction of sp³-hybridized carbons (Fsp3) is 0.409. The first-order valence-corrected chi connectivity index (χ1v) is 9.46. The van der Waals surface area contributed by atoms with Gasteiger partial charge in [0.15, 0.2) is 0 Å². The Bertz CT molecular complexity index is 791. The lowest BCUT2D eigenvalue weighted by Gasteiger charge is -2.45. The SMILES string of the molecule is Cc1cccc(-c2cccc(C(=O)N3CCOC4(CCNCC4)C3)c2)c1. The van der Waals surface area contributed by atoms with Crippen LogP contribution in [0.1, 0.15) is 28.8 Å². The minimum Gasteiger partial charge on any atom is -0.371 e. The summed E-state index contributed by atoms with van der Waals surface area (Å²) in [5, 5.41) is 3.38. The van der Waals surface area contributed by atoms with Crippen molar-refractivity contribution < 1.29 is 9.53 Å². The highest BCUT2D eigenvalue weighted by molar-refractivity contribution is 5.95. The van der Waals surface area contributed by atoms with Crippen molar-refractivity contribution in [2.75, 3.05) is 32.8 Å². The summed E-state index contributed by atoms with van der Waals surface area (Å²) in [6.45, 7) is 6.01. The molecule has 4 nitrogen and oxygen atoms in total. The number of amides is 1. The standard InChI is InChI=1S/C22H26N2O2/c1-17-4-2-5-18(14-17)19-6-3-7-20(15-19)21(25)24-12-13-26-22(16-24)8-10-23-11-9-22/h2-7,14-15,23H,8-13,16H2,1H3. The largest absolute Gasteiger partial charge is 0.371 e. The number of carbonyl (C=O) groups is 1. The van der Waals surface area contributed by atoms with E-state index in [0.717, 1.165) is 42.6 Å². The quantitative estimate of drug-likeness (QED) is 0.904. The monoisotopic (exact) mass is 350 g/mol. The molecule has 26 heavy (non-hydrogen) atoms. The molecule has 0 bridgehead atoms. The number of rotatable bonds is 2. The normalized spacial score (nSPS) is 19.5. The van der Waals surface area contributed by atoms with Gasteiger partial charge in [-0.25, -0.2) is 0 Å². The van der Waals surface area contributed by atoms with E-state index in [1.807, 2.05) is 23.1 Å². The molecule has 2 aliphatic heterocycles. The van der Waals surface area contributed by atoms with Crippen molar-refractivity contribution in [3.63, 3.8) is 0 Å². The van der Waals surface area contributed by atoms with Gasteiger partial charge in [-0.15, -0.1) is 0 Å². The summed E-state index contributed by atoms with van der Waals surface area (Å²) in [7, 11) is 0. The maximum absolute atomic E-state index is 13.1. The summed E-state index contributed by atoms with van der Waals surface area (Å²) in [5.41, 5.74) is 4.06. The lowest BCUT2D eigenvalue weighted by Crippen LogP contribution is -2.57. The average molecular weight is 350 g/mol. The van der Waals surface area contributed by atoms with E-state index in [9.17, 15) is 4.79 Å². The topological polar surface area (TPSA) is 41.6 Å². The number of aryl methyl sites for hydroxylation is 1. The van der Waals surface area contributed by atoms with E-state index >= 15 is 0 Å². The average Bonchev–Trinajstić information content (AvgIpc) is 2.68. The van der Waals surface area contributed by atoms with Crippen molar-refractivity contribution in [1.29, 1.82) is 0 Å². The van der Waals surface area contributed by atoms with Gasteiger partial charge in [0.1, 0.15) is 0 Å². The minimum absolute atomic E-state index is 0.112. The van der Waals surface area contributed by atoms with Crippen LogP contribution < -0.4 is 5.32 Å². The van der Waals surface area contributed by atoms with Crippen molar-refractivity contribution in [3.8, 4) is 11.1 Å². The number of hydrogen-bond acceptors (Lipinski definition) is 3. The van der Waals surface area contributed by atoms with Crippen molar-refractivity contribution in [2.24, 2.45) is 0 Å². The van der Waals surface area contributed by atoms with E-state index in [1.54, 1.807) is 0 Å². The summed E-state index contributed by atoms with van der Waals surface area (Å²) >= 11 is 0. The molecule has 2 saturated heterocycles. The molecule has 1 N–H and O–H groups in total. The highest BCUT2D eigenvalue weighted by atomic mass is 16.5. The van der Waals surface area contributed by atoms with Gasteiger partial charge in [0, 0.05) is 12.1 Å². The first-order chi connectivity index (χ1) is 12.7. The molecule has 2 fully saturated rings. The summed E-state index contributed by atoms with van der Waals surface area (Å²) in [6.07, 6.45) is 1.94. The Kier molecular flexibility index (Phi) is 4.79. The van der Waals surface area contributed by atoms with Gasteiger partial charge in [-0.3, -0.25) is 4.79 Å². The molecule has 0 aromatic heterocycles. The Morgan fingerprint density at radius 3 is 2.58 bits per heavy atom. The minimum atomic E-state index is -0.159. The van der Waals surface area contributed by atoms with Crippen LogP contribution in [0.3, 0.4) is 0 Å². The van der Waals surface area contributed by atoms with Crippen LogP contribution in [0.2, 0.25) is 0 Å². The van der Waals surface area contributed by atoms with Crippen LogP contribution in [-0.4, -0.2) is 49.2 Å². The molecule has 1 amide bonds. The van der Waals surface area contributed by atoms with Gasteiger partial charge in [0.05, 0.1) is 18.8 Å². The van der Waals surface area contributed by atoms with Crippen molar-refractivity contribution in [3.05, 3.63) is 59.7 Å². The van der Waals surface area contributed by atoms with E-state index < -0.39 is 0 Å². The third-order valence-corrected chi connectivity index (χ3v) is 5.51. The second kappa shape index (κ2) is 7.22. The molecule has 0 saturated carbocycles. The van der Waals surface area contributed by atoms with Crippen molar-refractivity contribution in [1.82, 2.24) is 10.2 Å². The second-order valence-corrected chi connectivity index (χ2v) is 7.46. The smallest absolute Gasteiger partial charge is 0.254 e. The third-order valence-electron chi connectivity index (χ3n) is 5.51. The zero-order valence-electron chi connectivity index (χ0n) is 15.3. The van der Waals surface area contributed by atoms with Gasteiger partial charge in [-0.1, -0.05) is 42.0 Å². The molecule has 2 aromatic carbocycles.